The number of carbonyl (C=O) groups excluding carboxylic acids is 1. The number of aryl methyl sites for hydroxylation is 1. The summed E-state index contributed by atoms with van der Waals surface area (Å²) < 4.78 is 5.24. The van der Waals surface area contributed by atoms with Gasteiger partial charge in [-0.05, 0) is 37.0 Å². The predicted octanol–water partition coefficient (Wildman–Crippen LogP) is 3.98. The number of ketones is 1. The fraction of sp³-hybridized carbons (Fsp3) is 0.316. The summed E-state index contributed by atoms with van der Waals surface area (Å²) in [6.07, 6.45) is 6.63. The van der Waals surface area contributed by atoms with Crippen LogP contribution in [-0.2, 0) is 17.6 Å². The molecule has 0 radical (unpaired) electrons. The molecule has 0 saturated carbocycles. The number of rotatable bonds is 9. The lowest BCUT2D eigenvalue weighted by molar-refractivity contribution is -0.118. The van der Waals surface area contributed by atoms with Crippen molar-refractivity contribution in [3.8, 4) is 11.6 Å². The molecule has 3 aromatic rings. The lowest BCUT2D eigenvalue weighted by atomic mass is 10.0. The van der Waals surface area contributed by atoms with Gasteiger partial charge in [-0.1, -0.05) is 36.8 Å². The first-order chi connectivity index (χ1) is 11.8. The number of benzene rings is 1. The summed E-state index contributed by atoms with van der Waals surface area (Å²) in [5.74, 6) is 1.88. The number of hydrogen-bond donors (Lipinski definition) is 1. The second-order valence-corrected chi connectivity index (χ2v) is 5.84. The molecule has 0 atom stereocenters. The Bertz CT molecular complexity index is 748. The molecule has 3 rings (SSSR count). The van der Waals surface area contributed by atoms with E-state index in [9.17, 15) is 4.79 Å². The molecule has 0 spiro atoms. The summed E-state index contributed by atoms with van der Waals surface area (Å²) in [5.41, 5.74) is 1.36. The van der Waals surface area contributed by atoms with Crippen LogP contribution in [0.2, 0.25) is 0 Å². The Morgan fingerprint density at radius 3 is 2.71 bits per heavy atom. The number of nitrogens with zero attached hydrogens (tertiary/aromatic N) is 2. The van der Waals surface area contributed by atoms with Gasteiger partial charge in [0, 0.05) is 6.42 Å². The fourth-order valence-corrected chi connectivity index (χ4v) is 2.64. The molecule has 1 aromatic carbocycles. The van der Waals surface area contributed by atoms with E-state index in [0.29, 0.717) is 30.3 Å². The zero-order chi connectivity index (χ0) is 16.6. The van der Waals surface area contributed by atoms with Crippen LogP contribution >= 0.6 is 0 Å². The molecule has 0 saturated heterocycles. The maximum absolute atomic E-state index is 12.0. The fourth-order valence-electron chi connectivity index (χ4n) is 2.64. The largest absolute Gasteiger partial charge is 0.461 e. The summed E-state index contributed by atoms with van der Waals surface area (Å²) in [6, 6.07) is 14.0. The van der Waals surface area contributed by atoms with Crippen molar-refractivity contribution in [2.75, 3.05) is 0 Å². The summed E-state index contributed by atoms with van der Waals surface area (Å²) >= 11 is 0. The van der Waals surface area contributed by atoms with E-state index >= 15 is 0 Å². The van der Waals surface area contributed by atoms with Gasteiger partial charge in [-0.2, -0.15) is 5.10 Å². The van der Waals surface area contributed by atoms with E-state index in [4.69, 9.17) is 4.42 Å². The lowest BCUT2D eigenvalue weighted by Crippen LogP contribution is -2.04. The quantitative estimate of drug-likeness (QED) is 0.605. The Morgan fingerprint density at radius 2 is 1.92 bits per heavy atom. The van der Waals surface area contributed by atoms with Crippen LogP contribution in [0.15, 0.2) is 53.1 Å². The molecular weight excluding hydrogens is 302 g/mol. The molecule has 0 fully saturated rings. The maximum atomic E-state index is 12.0. The van der Waals surface area contributed by atoms with Crippen LogP contribution in [0.5, 0.6) is 0 Å². The Kier molecular flexibility index (Phi) is 5.56. The zero-order valence-corrected chi connectivity index (χ0v) is 13.6. The smallest absolute Gasteiger partial charge is 0.216 e. The summed E-state index contributed by atoms with van der Waals surface area (Å²) in [5, 5.41) is 6.88. The van der Waals surface area contributed by atoms with Gasteiger partial charge < -0.3 is 4.42 Å². The average Bonchev–Trinajstić information content (AvgIpc) is 3.27. The van der Waals surface area contributed by atoms with Crippen LogP contribution in [0.1, 0.15) is 37.1 Å². The summed E-state index contributed by atoms with van der Waals surface area (Å²) in [7, 11) is 0. The van der Waals surface area contributed by atoms with Crippen molar-refractivity contribution >= 4 is 5.78 Å². The monoisotopic (exact) mass is 323 g/mol. The van der Waals surface area contributed by atoms with Crippen molar-refractivity contribution < 1.29 is 9.21 Å². The van der Waals surface area contributed by atoms with Gasteiger partial charge in [0.1, 0.15) is 11.6 Å². The third-order valence-corrected chi connectivity index (χ3v) is 3.90. The molecule has 0 aliphatic carbocycles. The highest BCUT2D eigenvalue weighted by Gasteiger charge is 2.11. The molecule has 24 heavy (non-hydrogen) atoms. The van der Waals surface area contributed by atoms with E-state index < -0.39 is 0 Å². The molecule has 5 nitrogen and oxygen atoms in total. The summed E-state index contributed by atoms with van der Waals surface area (Å²) in [4.78, 5) is 16.3. The van der Waals surface area contributed by atoms with Crippen LogP contribution in [-0.4, -0.2) is 21.0 Å². The van der Waals surface area contributed by atoms with Gasteiger partial charge in [0.25, 0.3) is 0 Å². The molecular formula is C19H21N3O2. The highest BCUT2D eigenvalue weighted by molar-refractivity contribution is 5.80. The van der Waals surface area contributed by atoms with Crippen molar-refractivity contribution in [1.29, 1.82) is 0 Å². The second-order valence-electron chi connectivity index (χ2n) is 5.84. The highest BCUT2D eigenvalue weighted by Crippen LogP contribution is 2.15. The molecule has 0 unspecified atom stereocenters. The second kappa shape index (κ2) is 8.24. The highest BCUT2D eigenvalue weighted by atomic mass is 16.3. The van der Waals surface area contributed by atoms with Crippen molar-refractivity contribution in [2.24, 2.45) is 0 Å². The standard InChI is InChI=1S/C19H21N3O2/c23-16(11-6-2-5-10-15-8-3-1-4-9-15)14-18-20-19(22-21-18)17-12-7-13-24-17/h1,3-4,7-9,12-13H,2,5-6,10-11,14H2,(H,20,21,22). The van der Waals surface area contributed by atoms with Gasteiger partial charge in [-0.3, -0.25) is 9.89 Å². The van der Waals surface area contributed by atoms with E-state index in [1.165, 1.54) is 5.56 Å². The molecule has 0 amide bonds. The van der Waals surface area contributed by atoms with Crippen LogP contribution < -0.4 is 0 Å². The first-order valence-electron chi connectivity index (χ1n) is 8.32. The Morgan fingerprint density at radius 1 is 1.04 bits per heavy atom. The number of aromatic nitrogens is 3. The van der Waals surface area contributed by atoms with Gasteiger partial charge in [0.05, 0.1) is 12.7 Å². The predicted molar refractivity (Wildman–Crippen MR) is 91.4 cm³/mol. The van der Waals surface area contributed by atoms with Gasteiger partial charge >= 0.3 is 0 Å². The first-order valence-corrected chi connectivity index (χ1v) is 8.32. The average molecular weight is 323 g/mol. The third-order valence-electron chi connectivity index (χ3n) is 3.90. The van der Waals surface area contributed by atoms with Crippen molar-refractivity contribution in [3.63, 3.8) is 0 Å². The molecule has 1 N–H and O–H groups in total. The molecule has 0 aliphatic rings. The number of nitrogens with one attached hydrogen (secondary N) is 1. The van der Waals surface area contributed by atoms with E-state index in [1.807, 2.05) is 6.07 Å². The first kappa shape index (κ1) is 16.2. The number of aromatic amines is 1. The maximum Gasteiger partial charge on any atom is 0.216 e. The van der Waals surface area contributed by atoms with E-state index in [-0.39, 0.29) is 5.78 Å². The van der Waals surface area contributed by atoms with Gasteiger partial charge in [-0.25, -0.2) is 4.98 Å². The minimum atomic E-state index is 0.192. The van der Waals surface area contributed by atoms with Crippen LogP contribution in [0.25, 0.3) is 11.6 Å². The van der Waals surface area contributed by atoms with Crippen LogP contribution in [0.4, 0.5) is 0 Å². The van der Waals surface area contributed by atoms with Gasteiger partial charge in [0.2, 0.25) is 5.82 Å². The van der Waals surface area contributed by atoms with Crippen LogP contribution in [0.3, 0.4) is 0 Å². The Balaban J connectivity index is 1.35. The van der Waals surface area contributed by atoms with Gasteiger partial charge in [-0.15, -0.1) is 0 Å². The number of carbonyl (C=O) groups is 1. The van der Waals surface area contributed by atoms with Crippen molar-refractivity contribution in [2.45, 2.75) is 38.5 Å². The topological polar surface area (TPSA) is 71.8 Å². The Labute approximate surface area is 141 Å². The van der Waals surface area contributed by atoms with Crippen molar-refractivity contribution in [1.82, 2.24) is 15.2 Å². The molecule has 0 bridgehead atoms. The number of Topliss-reactive ketones (excluding diaryl/α,β-unsaturated/α-hetero) is 1. The SMILES string of the molecule is O=C(CCCCCc1ccccc1)Cc1nc(-c2ccco2)n[nH]1. The minimum absolute atomic E-state index is 0.192. The molecule has 0 aliphatic heterocycles. The van der Waals surface area contributed by atoms with E-state index in [2.05, 4.69) is 39.4 Å². The van der Waals surface area contributed by atoms with E-state index in [0.717, 1.165) is 25.7 Å². The number of H-pyrrole nitrogens is 1. The summed E-state index contributed by atoms with van der Waals surface area (Å²) in [6.45, 7) is 0. The lowest BCUT2D eigenvalue weighted by Gasteiger charge is -2.01. The third kappa shape index (κ3) is 4.65. The van der Waals surface area contributed by atoms with Crippen LogP contribution in [0, 0.1) is 0 Å². The molecule has 124 valence electrons. The molecule has 2 heterocycles. The zero-order valence-electron chi connectivity index (χ0n) is 13.6. The number of hydrogen-bond acceptors (Lipinski definition) is 4. The number of furan rings is 1. The van der Waals surface area contributed by atoms with E-state index in [1.54, 1.807) is 18.4 Å². The van der Waals surface area contributed by atoms with Crippen molar-refractivity contribution in [3.05, 3.63) is 60.1 Å². The Hall–Kier alpha value is -2.69. The molecule has 5 heteroatoms. The number of unbranched alkanes of at least 4 members (excludes halogenated alkanes) is 2. The van der Waals surface area contributed by atoms with Gasteiger partial charge in [0.15, 0.2) is 5.76 Å². The normalized spacial score (nSPS) is 10.8. The minimum Gasteiger partial charge on any atom is -0.461 e. The molecule has 2 aromatic heterocycles.